The summed E-state index contributed by atoms with van der Waals surface area (Å²) >= 11 is 0. The van der Waals surface area contributed by atoms with E-state index in [1.807, 2.05) is 6.92 Å². The Labute approximate surface area is 128 Å². The zero-order valence-electron chi connectivity index (χ0n) is 13.6. The number of nitrogens with zero attached hydrogens (tertiary/aromatic N) is 1. The number of amides is 1. The van der Waals surface area contributed by atoms with Crippen LogP contribution in [0.5, 0.6) is 0 Å². The van der Waals surface area contributed by atoms with Gasteiger partial charge in [-0.15, -0.1) is 0 Å². The highest BCUT2D eigenvalue weighted by Gasteiger charge is 2.52. The lowest BCUT2D eigenvalue weighted by Gasteiger charge is -2.26. The molecule has 0 aromatic heterocycles. The Morgan fingerprint density at radius 3 is 2.19 bits per heavy atom. The SMILES string of the molecule is CCN(CCO)C(=O)C1(c2ccc(C(C)(C)C)cc2)CC1. The van der Waals surface area contributed by atoms with Gasteiger partial charge in [0.1, 0.15) is 0 Å². The Kier molecular flexibility index (Phi) is 4.43. The monoisotopic (exact) mass is 289 g/mol. The molecule has 1 aromatic rings. The van der Waals surface area contributed by atoms with Crippen molar-refractivity contribution in [3.8, 4) is 0 Å². The summed E-state index contributed by atoms with van der Waals surface area (Å²) in [7, 11) is 0. The van der Waals surface area contributed by atoms with Gasteiger partial charge in [0.15, 0.2) is 0 Å². The summed E-state index contributed by atoms with van der Waals surface area (Å²) < 4.78 is 0. The molecule has 1 saturated carbocycles. The van der Waals surface area contributed by atoms with Crippen molar-refractivity contribution in [1.29, 1.82) is 0 Å². The molecule has 0 saturated heterocycles. The van der Waals surface area contributed by atoms with Gasteiger partial charge in [0.25, 0.3) is 0 Å². The van der Waals surface area contributed by atoms with Crippen LogP contribution in [0.25, 0.3) is 0 Å². The van der Waals surface area contributed by atoms with Gasteiger partial charge in [-0.25, -0.2) is 0 Å². The average molecular weight is 289 g/mol. The van der Waals surface area contributed by atoms with Crippen molar-refractivity contribution in [2.24, 2.45) is 0 Å². The van der Waals surface area contributed by atoms with E-state index in [2.05, 4.69) is 45.0 Å². The number of rotatable bonds is 5. The minimum Gasteiger partial charge on any atom is -0.395 e. The van der Waals surface area contributed by atoms with E-state index in [1.165, 1.54) is 5.56 Å². The molecule has 1 aliphatic rings. The van der Waals surface area contributed by atoms with Crippen LogP contribution < -0.4 is 0 Å². The van der Waals surface area contributed by atoms with E-state index < -0.39 is 0 Å². The molecule has 1 aromatic carbocycles. The third kappa shape index (κ3) is 3.13. The molecule has 3 heteroatoms. The van der Waals surface area contributed by atoms with Crippen molar-refractivity contribution >= 4 is 5.91 Å². The van der Waals surface area contributed by atoms with E-state index in [0.29, 0.717) is 13.1 Å². The molecular weight excluding hydrogens is 262 g/mol. The molecule has 0 spiro atoms. The summed E-state index contributed by atoms with van der Waals surface area (Å²) in [6, 6.07) is 8.51. The normalized spacial score (nSPS) is 16.6. The van der Waals surface area contributed by atoms with Crippen LogP contribution in [0.1, 0.15) is 51.7 Å². The first kappa shape index (κ1) is 16.0. The molecule has 21 heavy (non-hydrogen) atoms. The van der Waals surface area contributed by atoms with Gasteiger partial charge in [-0.1, -0.05) is 45.0 Å². The fourth-order valence-corrected chi connectivity index (χ4v) is 2.87. The number of hydrogen-bond donors (Lipinski definition) is 1. The van der Waals surface area contributed by atoms with Crippen molar-refractivity contribution < 1.29 is 9.90 Å². The third-order valence-corrected chi connectivity index (χ3v) is 4.50. The van der Waals surface area contributed by atoms with E-state index in [0.717, 1.165) is 18.4 Å². The number of hydrogen-bond acceptors (Lipinski definition) is 2. The van der Waals surface area contributed by atoms with Gasteiger partial charge in [0.2, 0.25) is 5.91 Å². The predicted octanol–water partition coefficient (Wildman–Crippen LogP) is 2.86. The molecule has 0 atom stereocenters. The Bertz CT molecular complexity index is 495. The zero-order chi connectivity index (χ0) is 15.7. The lowest BCUT2D eigenvalue weighted by Crippen LogP contribution is -2.40. The smallest absolute Gasteiger partial charge is 0.233 e. The fourth-order valence-electron chi connectivity index (χ4n) is 2.87. The highest BCUT2D eigenvalue weighted by atomic mass is 16.3. The standard InChI is InChI=1S/C18H27NO2/c1-5-19(12-13-20)16(21)18(10-11-18)15-8-6-14(7-9-15)17(2,3)4/h6-9,20H,5,10-13H2,1-4H3. The van der Waals surface area contributed by atoms with Crippen LogP contribution in [0, 0.1) is 0 Å². The first-order valence-corrected chi connectivity index (χ1v) is 7.86. The first-order valence-electron chi connectivity index (χ1n) is 7.86. The maximum absolute atomic E-state index is 12.7. The second kappa shape index (κ2) is 5.80. The highest BCUT2D eigenvalue weighted by molar-refractivity contribution is 5.91. The Balaban J connectivity index is 2.22. The third-order valence-electron chi connectivity index (χ3n) is 4.50. The van der Waals surface area contributed by atoms with Crippen molar-refractivity contribution in [3.63, 3.8) is 0 Å². The fraction of sp³-hybridized carbons (Fsp3) is 0.611. The van der Waals surface area contributed by atoms with Crippen LogP contribution in [0.2, 0.25) is 0 Å². The second-order valence-electron chi connectivity index (χ2n) is 7.02. The molecule has 1 fully saturated rings. The molecule has 0 aliphatic heterocycles. The van der Waals surface area contributed by atoms with Gasteiger partial charge in [-0.05, 0) is 36.3 Å². The van der Waals surface area contributed by atoms with Crippen molar-refractivity contribution in [2.75, 3.05) is 19.7 Å². The van der Waals surface area contributed by atoms with E-state index in [1.54, 1.807) is 4.90 Å². The predicted molar refractivity (Wildman–Crippen MR) is 85.4 cm³/mol. The first-order chi connectivity index (χ1) is 9.85. The molecule has 0 heterocycles. The zero-order valence-corrected chi connectivity index (χ0v) is 13.6. The van der Waals surface area contributed by atoms with Gasteiger partial charge in [-0.2, -0.15) is 0 Å². The molecular formula is C18H27NO2. The van der Waals surface area contributed by atoms with Crippen LogP contribution in [0.4, 0.5) is 0 Å². The van der Waals surface area contributed by atoms with E-state index in [4.69, 9.17) is 5.11 Å². The summed E-state index contributed by atoms with van der Waals surface area (Å²) in [5.41, 5.74) is 2.21. The molecule has 0 radical (unpaired) electrons. The quantitative estimate of drug-likeness (QED) is 0.905. The lowest BCUT2D eigenvalue weighted by atomic mass is 9.84. The summed E-state index contributed by atoms with van der Waals surface area (Å²) in [6.45, 7) is 9.66. The number of benzene rings is 1. The van der Waals surface area contributed by atoms with Crippen LogP contribution >= 0.6 is 0 Å². The van der Waals surface area contributed by atoms with Gasteiger partial charge in [-0.3, -0.25) is 4.79 Å². The van der Waals surface area contributed by atoms with Crippen LogP contribution in [0.15, 0.2) is 24.3 Å². The summed E-state index contributed by atoms with van der Waals surface area (Å²) in [5, 5.41) is 9.11. The van der Waals surface area contributed by atoms with Crippen molar-refractivity contribution in [2.45, 2.75) is 51.4 Å². The van der Waals surface area contributed by atoms with Crippen LogP contribution in [0.3, 0.4) is 0 Å². The molecule has 0 bridgehead atoms. The summed E-state index contributed by atoms with van der Waals surface area (Å²) in [6.07, 6.45) is 1.84. The number of aliphatic hydroxyl groups is 1. The topological polar surface area (TPSA) is 40.5 Å². The van der Waals surface area contributed by atoms with Gasteiger partial charge in [0, 0.05) is 13.1 Å². The van der Waals surface area contributed by atoms with Gasteiger partial charge >= 0.3 is 0 Å². The molecule has 1 aliphatic carbocycles. The Morgan fingerprint density at radius 2 is 1.81 bits per heavy atom. The second-order valence-corrected chi connectivity index (χ2v) is 7.02. The van der Waals surface area contributed by atoms with Crippen molar-refractivity contribution in [3.05, 3.63) is 35.4 Å². The minimum absolute atomic E-state index is 0.0264. The Hall–Kier alpha value is -1.35. The number of carbonyl (C=O) groups excluding carboxylic acids is 1. The Morgan fingerprint density at radius 1 is 1.24 bits per heavy atom. The molecule has 2 rings (SSSR count). The van der Waals surface area contributed by atoms with Crippen LogP contribution in [-0.2, 0) is 15.6 Å². The van der Waals surface area contributed by atoms with E-state index >= 15 is 0 Å². The summed E-state index contributed by atoms with van der Waals surface area (Å²) in [4.78, 5) is 14.5. The van der Waals surface area contributed by atoms with Crippen molar-refractivity contribution in [1.82, 2.24) is 4.90 Å². The largest absolute Gasteiger partial charge is 0.395 e. The molecule has 116 valence electrons. The highest BCUT2D eigenvalue weighted by Crippen LogP contribution is 2.49. The maximum atomic E-state index is 12.7. The maximum Gasteiger partial charge on any atom is 0.233 e. The van der Waals surface area contributed by atoms with E-state index in [-0.39, 0.29) is 23.3 Å². The van der Waals surface area contributed by atoms with E-state index in [9.17, 15) is 4.79 Å². The van der Waals surface area contributed by atoms with Crippen LogP contribution in [-0.4, -0.2) is 35.6 Å². The number of likely N-dealkylation sites (N-methyl/N-ethyl adjacent to an activating group) is 1. The number of aliphatic hydroxyl groups excluding tert-OH is 1. The summed E-state index contributed by atoms with van der Waals surface area (Å²) in [5.74, 6) is 0.169. The van der Waals surface area contributed by atoms with Gasteiger partial charge in [0.05, 0.1) is 12.0 Å². The molecule has 0 unspecified atom stereocenters. The molecule has 1 amide bonds. The molecule has 1 N–H and O–H groups in total. The molecule has 3 nitrogen and oxygen atoms in total. The lowest BCUT2D eigenvalue weighted by molar-refractivity contribution is -0.134. The van der Waals surface area contributed by atoms with Gasteiger partial charge < -0.3 is 10.0 Å². The average Bonchev–Trinajstić information content (AvgIpc) is 3.25. The minimum atomic E-state index is -0.332. The number of carbonyl (C=O) groups is 1.